The lowest BCUT2D eigenvalue weighted by molar-refractivity contribution is -0.139. The summed E-state index contributed by atoms with van der Waals surface area (Å²) in [4.78, 5) is 26.8. The van der Waals surface area contributed by atoms with Gasteiger partial charge in [-0.05, 0) is 17.5 Å². The van der Waals surface area contributed by atoms with Gasteiger partial charge in [0.15, 0.2) is 0 Å². The lowest BCUT2D eigenvalue weighted by atomic mass is 10.1. The number of nitrogens with zero attached hydrogens (tertiary/aromatic N) is 1. The predicted octanol–water partition coefficient (Wildman–Crippen LogP) is 3.47. The minimum Gasteiger partial charge on any atom is -0.357 e. The Morgan fingerprint density at radius 3 is 2.12 bits per heavy atom. The Labute approximate surface area is 160 Å². The Hall–Kier alpha value is -2.27. The van der Waals surface area contributed by atoms with Gasteiger partial charge in [-0.3, -0.25) is 9.59 Å². The van der Waals surface area contributed by atoms with Crippen molar-refractivity contribution in [3.05, 3.63) is 71.8 Å². The summed E-state index contributed by atoms with van der Waals surface area (Å²) in [7, 11) is 1.61. The Kier molecular flexibility index (Phi) is 8.22. The average Bonchev–Trinajstić information content (AvgIpc) is 2.69. The van der Waals surface area contributed by atoms with Crippen molar-refractivity contribution in [3.8, 4) is 0 Å². The zero-order valence-corrected chi connectivity index (χ0v) is 16.2. The molecule has 5 heteroatoms. The van der Waals surface area contributed by atoms with Crippen LogP contribution in [0.15, 0.2) is 60.7 Å². The van der Waals surface area contributed by atoms with E-state index in [0.29, 0.717) is 18.7 Å². The molecule has 0 spiro atoms. The monoisotopic (exact) mass is 370 g/mol. The second-order valence-electron chi connectivity index (χ2n) is 6.02. The number of hydrogen-bond donors (Lipinski definition) is 1. The largest absolute Gasteiger partial charge is 0.357 e. The highest BCUT2D eigenvalue weighted by Gasteiger charge is 2.27. The maximum absolute atomic E-state index is 12.9. The van der Waals surface area contributed by atoms with Crippen molar-refractivity contribution in [2.45, 2.75) is 31.7 Å². The predicted molar refractivity (Wildman–Crippen MR) is 108 cm³/mol. The first-order chi connectivity index (χ1) is 12.7. The maximum Gasteiger partial charge on any atom is 0.242 e. The molecule has 1 N–H and O–H groups in total. The van der Waals surface area contributed by atoms with Gasteiger partial charge in [-0.1, -0.05) is 67.6 Å². The van der Waals surface area contributed by atoms with E-state index in [9.17, 15) is 9.59 Å². The Morgan fingerprint density at radius 2 is 1.58 bits per heavy atom. The fourth-order valence-electron chi connectivity index (χ4n) is 2.78. The molecule has 1 unspecified atom stereocenters. The van der Waals surface area contributed by atoms with Gasteiger partial charge >= 0.3 is 0 Å². The molecule has 0 saturated carbocycles. The van der Waals surface area contributed by atoms with Crippen LogP contribution in [0.3, 0.4) is 0 Å². The van der Waals surface area contributed by atoms with Crippen molar-refractivity contribution in [3.63, 3.8) is 0 Å². The van der Waals surface area contributed by atoms with Gasteiger partial charge in [-0.25, -0.2) is 0 Å². The smallest absolute Gasteiger partial charge is 0.242 e. The molecule has 4 nitrogen and oxygen atoms in total. The topological polar surface area (TPSA) is 49.4 Å². The standard InChI is InChI=1S/C21H26N2O2S/c1-3-19(21(25)22-2)23(14-17-10-6-4-7-11-17)20(24)16-26-15-18-12-8-5-9-13-18/h4-13,19H,3,14-16H2,1-2H3,(H,22,25). The van der Waals surface area contributed by atoms with E-state index in [-0.39, 0.29) is 11.8 Å². The fraction of sp³-hybridized carbons (Fsp3) is 0.333. The SMILES string of the molecule is CCC(C(=O)NC)N(Cc1ccccc1)C(=O)CSCc1ccccc1. The molecular formula is C21H26N2O2S. The molecule has 0 aliphatic rings. The van der Waals surface area contributed by atoms with Crippen LogP contribution in [-0.2, 0) is 21.9 Å². The zero-order valence-electron chi connectivity index (χ0n) is 15.4. The minimum atomic E-state index is -0.454. The second-order valence-corrected chi connectivity index (χ2v) is 7.01. The Morgan fingerprint density at radius 1 is 1.00 bits per heavy atom. The van der Waals surface area contributed by atoms with Crippen molar-refractivity contribution in [1.29, 1.82) is 0 Å². The first-order valence-corrected chi connectivity index (χ1v) is 9.97. The lowest BCUT2D eigenvalue weighted by Crippen LogP contribution is -2.48. The summed E-state index contributed by atoms with van der Waals surface area (Å²) in [5.41, 5.74) is 2.22. The molecule has 0 aromatic heterocycles. The summed E-state index contributed by atoms with van der Waals surface area (Å²) in [6.07, 6.45) is 0.585. The van der Waals surface area contributed by atoms with Crippen molar-refractivity contribution < 1.29 is 9.59 Å². The summed E-state index contributed by atoms with van der Waals surface area (Å²) < 4.78 is 0. The minimum absolute atomic E-state index is 0.00904. The molecule has 0 heterocycles. The number of nitrogens with one attached hydrogen (secondary N) is 1. The van der Waals surface area contributed by atoms with Crippen LogP contribution in [0.25, 0.3) is 0 Å². The van der Waals surface area contributed by atoms with Gasteiger partial charge in [-0.15, -0.1) is 11.8 Å². The van der Waals surface area contributed by atoms with Crippen LogP contribution < -0.4 is 5.32 Å². The molecule has 1 atom stereocenters. The normalized spacial score (nSPS) is 11.6. The van der Waals surface area contributed by atoms with Crippen LogP contribution in [0.4, 0.5) is 0 Å². The van der Waals surface area contributed by atoms with Crippen LogP contribution in [0.1, 0.15) is 24.5 Å². The van der Waals surface area contributed by atoms with E-state index >= 15 is 0 Å². The molecule has 2 aromatic rings. The first-order valence-electron chi connectivity index (χ1n) is 8.82. The highest BCUT2D eigenvalue weighted by atomic mass is 32.2. The summed E-state index contributed by atoms with van der Waals surface area (Å²) in [6, 6.07) is 19.4. The molecule has 0 fully saturated rings. The summed E-state index contributed by atoms with van der Waals surface area (Å²) in [5.74, 6) is 1.01. The number of carbonyl (C=O) groups excluding carboxylic acids is 2. The number of amides is 2. The molecule has 0 radical (unpaired) electrons. The average molecular weight is 371 g/mol. The number of carbonyl (C=O) groups is 2. The van der Waals surface area contributed by atoms with Gasteiger partial charge in [0, 0.05) is 19.3 Å². The van der Waals surface area contributed by atoms with Crippen LogP contribution >= 0.6 is 11.8 Å². The molecule has 0 aliphatic carbocycles. The molecule has 2 rings (SSSR count). The number of likely N-dealkylation sites (N-methyl/N-ethyl adjacent to an activating group) is 1. The summed E-state index contributed by atoms with van der Waals surface area (Å²) in [5, 5.41) is 2.68. The quantitative estimate of drug-likeness (QED) is 0.735. The molecule has 0 bridgehead atoms. The van der Waals surface area contributed by atoms with Crippen molar-refractivity contribution in [2.24, 2.45) is 0 Å². The second kappa shape index (κ2) is 10.7. The van der Waals surface area contributed by atoms with E-state index in [1.807, 2.05) is 55.5 Å². The van der Waals surface area contributed by atoms with E-state index in [4.69, 9.17) is 0 Å². The van der Waals surface area contributed by atoms with E-state index in [1.54, 1.807) is 23.7 Å². The van der Waals surface area contributed by atoms with Gasteiger partial charge < -0.3 is 10.2 Å². The van der Waals surface area contributed by atoms with Crippen LogP contribution in [0.2, 0.25) is 0 Å². The van der Waals surface area contributed by atoms with E-state index < -0.39 is 6.04 Å². The van der Waals surface area contributed by atoms with Crippen molar-refractivity contribution in [1.82, 2.24) is 10.2 Å². The molecule has 2 amide bonds. The van der Waals surface area contributed by atoms with Gasteiger partial charge in [0.25, 0.3) is 0 Å². The van der Waals surface area contributed by atoms with Crippen molar-refractivity contribution >= 4 is 23.6 Å². The lowest BCUT2D eigenvalue weighted by Gasteiger charge is -2.30. The molecule has 0 aliphatic heterocycles. The first kappa shape index (κ1) is 20.0. The van der Waals surface area contributed by atoms with Gasteiger partial charge in [0.2, 0.25) is 11.8 Å². The van der Waals surface area contributed by atoms with E-state index in [0.717, 1.165) is 11.3 Å². The number of thioether (sulfide) groups is 1. The molecule has 138 valence electrons. The molecule has 26 heavy (non-hydrogen) atoms. The fourth-order valence-corrected chi connectivity index (χ4v) is 3.65. The third-order valence-corrected chi connectivity index (χ3v) is 5.15. The highest BCUT2D eigenvalue weighted by Crippen LogP contribution is 2.17. The third-order valence-electron chi connectivity index (χ3n) is 4.17. The third kappa shape index (κ3) is 5.92. The van der Waals surface area contributed by atoms with Crippen LogP contribution in [-0.4, -0.2) is 35.6 Å². The van der Waals surface area contributed by atoms with Gasteiger partial charge in [-0.2, -0.15) is 0 Å². The maximum atomic E-state index is 12.9. The number of rotatable bonds is 9. The summed E-state index contributed by atoms with van der Waals surface area (Å²) >= 11 is 1.58. The zero-order chi connectivity index (χ0) is 18.8. The number of benzene rings is 2. The summed E-state index contributed by atoms with van der Waals surface area (Å²) in [6.45, 7) is 2.37. The van der Waals surface area contributed by atoms with Crippen molar-refractivity contribution in [2.75, 3.05) is 12.8 Å². The van der Waals surface area contributed by atoms with Gasteiger partial charge in [0.05, 0.1) is 5.75 Å². The molecule has 0 saturated heterocycles. The Balaban J connectivity index is 2.05. The van der Waals surface area contributed by atoms with E-state index in [2.05, 4.69) is 17.4 Å². The van der Waals surface area contributed by atoms with Crippen LogP contribution in [0, 0.1) is 0 Å². The van der Waals surface area contributed by atoms with E-state index in [1.165, 1.54) is 5.56 Å². The highest BCUT2D eigenvalue weighted by molar-refractivity contribution is 7.99. The van der Waals surface area contributed by atoms with Crippen LogP contribution in [0.5, 0.6) is 0 Å². The molecular weight excluding hydrogens is 344 g/mol. The van der Waals surface area contributed by atoms with Gasteiger partial charge in [0.1, 0.15) is 6.04 Å². The number of hydrogen-bond acceptors (Lipinski definition) is 3. The Bertz CT molecular complexity index is 692. The molecule has 2 aromatic carbocycles.